The van der Waals surface area contributed by atoms with Crippen molar-refractivity contribution >= 4 is 0 Å². The Morgan fingerprint density at radius 2 is 1.53 bits per heavy atom. The maximum absolute atomic E-state index is 5.40. The van der Waals surface area contributed by atoms with Gasteiger partial charge >= 0.3 is 0 Å². The molecule has 3 fully saturated rings. The van der Waals surface area contributed by atoms with Crippen LogP contribution in [0.4, 0.5) is 0 Å². The molecule has 2 saturated heterocycles. The monoisotopic (exact) mass is 239 g/mol. The zero-order chi connectivity index (χ0) is 11.7. The predicted molar refractivity (Wildman–Crippen MR) is 67.1 cm³/mol. The molecule has 2 heterocycles. The third-order valence-corrected chi connectivity index (χ3v) is 4.59. The van der Waals surface area contributed by atoms with E-state index in [4.69, 9.17) is 9.47 Å². The van der Waals surface area contributed by atoms with Crippen molar-refractivity contribution in [2.45, 2.75) is 57.3 Å². The third kappa shape index (κ3) is 3.43. The summed E-state index contributed by atoms with van der Waals surface area (Å²) in [5, 5.41) is 0. The van der Waals surface area contributed by atoms with Crippen molar-refractivity contribution in [1.29, 1.82) is 0 Å². The molecular weight excluding hydrogens is 214 g/mol. The average molecular weight is 239 g/mol. The molecule has 0 spiro atoms. The summed E-state index contributed by atoms with van der Waals surface area (Å²) in [5.74, 6) is 0.904. The van der Waals surface area contributed by atoms with Gasteiger partial charge in [-0.15, -0.1) is 0 Å². The third-order valence-electron chi connectivity index (χ3n) is 4.59. The van der Waals surface area contributed by atoms with Gasteiger partial charge in [-0.25, -0.2) is 0 Å². The van der Waals surface area contributed by atoms with Gasteiger partial charge in [-0.3, -0.25) is 4.90 Å². The summed E-state index contributed by atoms with van der Waals surface area (Å²) >= 11 is 0. The second-order valence-corrected chi connectivity index (χ2v) is 6.00. The van der Waals surface area contributed by atoms with E-state index < -0.39 is 0 Å². The lowest BCUT2D eigenvalue weighted by Crippen LogP contribution is -2.43. The van der Waals surface area contributed by atoms with Crippen LogP contribution in [0.3, 0.4) is 0 Å². The minimum absolute atomic E-state index is 0.514. The lowest BCUT2D eigenvalue weighted by Gasteiger charge is -2.36. The van der Waals surface area contributed by atoms with Crippen molar-refractivity contribution in [1.82, 2.24) is 4.90 Å². The summed E-state index contributed by atoms with van der Waals surface area (Å²) in [4.78, 5) is 2.63. The molecule has 17 heavy (non-hydrogen) atoms. The lowest BCUT2D eigenvalue weighted by molar-refractivity contribution is 0.111. The topological polar surface area (TPSA) is 28.3 Å². The van der Waals surface area contributed by atoms with E-state index >= 15 is 0 Å². The van der Waals surface area contributed by atoms with Gasteiger partial charge in [0.2, 0.25) is 0 Å². The van der Waals surface area contributed by atoms with Crippen LogP contribution in [0.5, 0.6) is 0 Å². The highest BCUT2D eigenvalue weighted by Gasteiger charge is 2.35. The zero-order valence-electron chi connectivity index (χ0n) is 10.9. The minimum atomic E-state index is 0.514. The fourth-order valence-corrected chi connectivity index (χ4v) is 3.19. The molecule has 3 heteroatoms. The van der Waals surface area contributed by atoms with Crippen LogP contribution < -0.4 is 0 Å². The highest BCUT2D eigenvalue weighted by molar-refractivity contribution is 4.86. The second kappa shape index (κ2) is 5.25. The van der Waals surface area contributed by atoms with Crippen molar-refractivity contribution in [2.24, 2.45) is 5.92 Å². The molecule has 0 aromatic heterocycles. The van der Waals surface area contributed by atoms with Crippen molar-refractivity contribution in [2.75, 3.05) is 26.3 Å². The Kier molecular flexibility index (Phi) is 3.69. The van der Waals surface area contributed by atoms with E-state index in [0.29, 0.717) is 18.2 Å². The maximum Gasteiger partial charge on any atom is 0.0936 e. The van der Waals surface area contributed by atoms with Gasteiger partial charge in [-0.05, 0) is 25.7 Å². The molecule has 0 aromatic carbocycles. The Balaban J connectivity index is 1.54. The first kappa shape index (κ1) is 11.9. The van der Waals surface area contributed by atoms with Gasteiger partial charge in [-0.2, -0.15) is 0 Å². The van der Waals surface area contributed by atoms with E-state index in [-0.39, 0.29) is 0 Å². The molecule has 0 aromatic rings. The molecule has 3 rings (SSSR count). The smallest absolute Gasteiger partial charge is 0.0936 e. The molecule has 2 aliphatic heterocycles. The standard InChI is InChI=1S/C14H25NO2/c1-11(12-5-3-2-4-6-12)15(7-13-9-16-13)8-14-10-17-14/h11-14H,2-10H2,1H3. The first-order valence-electron chi connectivity index (χ1n) is 7.30. The first-order valence-corrected chi connectivity index (χ1v) is 7.30. The second-order valence-electron chi connectivity index (χ2n) is 6.00. The van der Waals surface area contributed by atoms with Crippen LogP contribution in [0.15, 0.2) is 0 Å². The van der Waals surface area contributed by atoms with Gasteiger partial charge in [0.05, 0.1) is 25.4 Å². The molecule has 3 unspecified atom stereocenters. The van der Waals surface area contributed by atoms with E-state index in [1.54, 1.807) is 0 Å². The molecule has 0 amide bonds. The Hall–Kier alpha value is -0.120. The molecule has 1 saturated carbocycles. The molecule has 3 aliphatic rings. The van der Waals surface area contributed by atoms with Crippen LogP contribution in [0, 0.1) is 5.92 Å². The lowest BCUT2D eigenvalue weighted by atomic mass is 9.84. The quantitative estimate of drug-likeness (QED) is 0.664. The fraction of sp³-hybridized carbons (Fsp3) is 1.00. The van der Waals surface area contributed by atoms with E-state index in [9.17, 15) is 0 Å². The fourth-order valence-electron chi connectivity index (χ4n) is 3.19. The van der Waals surface area contributed by atoms with Crippen molar-refractivity contribution in [3.63, 3.8) is 0 Å². The SMILES string of the molecule is CC(C1CCCCC1)N(CC1CO1)CC1CO1. The maximum atomic E-state index is 5.40. The van der Waals surface area contributed by atoms with Gasteiger partial charge in [0.15, 0.2) is 0 Å². The molecule has 98 valence electrons. The highest BCUT2D eigenvalue weighted by Crippen LogP contribution is 2.30. The van der Waals surface area contributed by atoms with Crippen molar-refractivity contribution < 1.29 is 9.47 Å². The number of epoxide rings is 2. The van der Waals surface area contributed by atoms with Crippen LogP contribution in [-0.2, 0) is 9.47 Å². The molecule has 0 bridgehead atoms. The Bertz CT molecular complexity index is 231. The molecule has 3 nitrogen and oxygen atoms in total. The summed E-state index contributed by atoms with van der Waals surface area (Å²) in [5.41, 5.74) is 0. The average Bonchev–Trinajstić information content (AvgIpc) is 3.23. The zero-order valence-corrected chi connectivity index (χ0v) is 10.9. The first-order chi connectivity index (χ1) is 8.33. The normalized spacial score (nSPS) is 34.9. The minimum Gasteiger partial charge on any atom is -0.372 e. The summed E-state index contributed by atoms with van der Waals surface area (Å²) in [6.07, 6.45) is 8.19. The Morgan fingerprint density at radius 3 is 2.00 bits per heavy atom. The van der Waals surface area contributed by atoms with E-state index in [1.165, 1.54) is 32.1 Å². The molecule has 3 atom stereocenters. The Labute approximate surface area is 104 Å². The van der Waals surface area contributed by atoms with Gasteiger partial charge in [0.25, 0.3) is 0 Å². The van der Waals surface area contributed by atoms with Crippen LogP contribution in [0.2, 0.25) is 0 Å². The van der Waals surface area contributed by atoms with Gasteiger partial charge in [0.1, 0.15) is 0 Å². The molecule has 0 N–H and O–H groups in total. The van der Waals surface area contributed by atoms with E-state index in [2.05, 4.69) is 11.8 Å². The predicted octanol–water partition coefficient (Wildman–Crippen LogP) is 2.05. The number of rotatable bonds is 6. The highest BCUT2D eigenvalue weighted by atomic mass is 16.6. The van der Waals surface area contributed by atoms with E-state index in [0.717, 1.165) is 32.2 Å². The van der Waals surface area contributed by atoms with Gasteiger partial charge < -0.3 is 9.47 Å². The van der Waals surface area contributed by atoms with Crippen LogP contribution in [-0.4, -0.2) is 49.5 Å². The van der Waals surface area contributed by atoms with Gasteiger partial charge in [0, 0.05) is 19.1 Å². The van der Waals surface area contributed by atoms with Crippen LogP contribution in [0.1, 0.15) is 39.0 Å². The number of ether oxygens (including phenoxy) is 2. The summed E-state index contributed by atoms with van der Waals surface area (Å²) in [6, 6.07) is 0.712. The van der Waals surface area contributed by atoms with Crippen LogP contribution in [0.25, 0.3) is 0 Å². The summed E-state index contributed by atoms with van der Waals surface area (Å²) < 4.78 is 10.8. The van der Waals surface area contributed by atoms with Gasteiger partial charge in [-0.1, -0.05) is 19.3 Å². The number of hydrogen-bond acceptors (Lipinski definition) is 3. The van der Waals surface area contributed by atoms with Crippen molar-refractivity contribution in [3.05, 3.63) is 0 Å². The molecule has 1 aliphatic carbocycles. The Morgan fingerprint density at radius 1 is 1.00 bits per heavy atom. The number of hydrogen-bond donors (Lipinski definition) is 0. The van der Waals surface area contributed by atoms with Crippen molar-refractivity contribution in [3.8, 4) is 0 Å². The van der Waals surface area contributed by atoms with Crippen LogP contribution >= 0.6 is 0 Å². The molecular formula is C14H25NO2. The summed E-state index contributed by atoms with van der Waals surface area (Å²) in [7, 11) is 0. The molecule has 0 radical (unpaired) electrons. The number of nitrogens with zero attached hydrogens (tertiary/aromatic N) is 1. The largest absolute Gasteiger partial charge is 0.372 e. The van der Waals surface area contributed by atoms with E-state index in [1.807, 2.05) is 0 Å². The summed E-state index contributed by atoms with van der Waals surface area (Å²) in [6.45, 7) is 6.61.